The molecule has 0 radical (unpaired) electrons. The van der Waals surface area contributed by atoms with Gasteiger partial charge in [0.1, 0.15) is 10.8 Å². The number of nitrogens with two attached hydrogens (primary N) is 1. The van der Waals surface area contributed by atoms with Crippen LogP contribution in [0.1, 0.15) is 17.5 Å². The molecule has 0 aliphatic carbocycles. The van der Waals surface area contributed by atoms with Crippen molar-refractivity contribution in [2.45, 2.75) is 20.3 Å². The van der Waals surface area contributed by atoms with Crippen molar-refractivity contribution >= 4 is 11.3 Å². The molecule has 4 heteroatoms. The largest absolute Gasteiger partial charge is 0.493 e. The molecule has 18 heavy (non-hydrogen) atoms. The lowest BCUT2D eigenvalue weighted by Gasteiger charge is -2.07. The Hall–Kier alpha value is -1.39. The van der Waals surface area contributed by atoms with Crippen LogP contribution in [0.25, 0.3) is 10.6 Å². The summed E-state index contributed by atoms with van der Waals surface area (Å²) < 4.78 is 5.64. The second kappa shape index (κ2) is 5.98. The van der Waals surface area contributed by atoms with Gasteiger partial charge in [-0.3, -0.25) is 0 Å². The van der Waals surface area contributed by atoms with Gasteiger partial charge in [-0.2, -0.15) is 0 Å². The standard InChI is InChI=1S/C14H18N2OS/c1-3-17-12-7-5-4-6-11(12)14-16-10(2)13(18-14)8-9-15/h4-7H,3,8-9,15H2,1-2H3. The molecule has 1 aromatic carbocycles. The van der Waals surface area contributed by atoms with Crippen LogP contribution in [0, 0.1) is 6.92 Å². The van der Waals surface area contributed by atoms with Crippen molar-refractivity contribution < 1.29 is 4.74 Å². The van der Waals surface area contributed by atoms with Crippen LogP contribution in [0.2, 0.25) is 0 Å². The molecule has 1 aromatic heterocycles. The van der Waals surface area contributed by atoms with E-state index in [2.05, 4.69) is 11.1 Å². The molecule has 0 saturated heterocycles. The fraction of sp³-hybridized carbons (Fsp3) is 0.357. The molecule has 0 bridgehead atoms. The molecule has 2 N–H and O–H groups in total. The van der Waals surface area contributed by atoms with E-state index in [-0.39, 0.29) is 0 Å². The summed E-state index contributed by atoms with van der Waals surface area (Å²) in [6.45, 7) is 5.35. The van der Waals surface area contributed by atoms with E-state index in [4.69, 9.17) is 10.5 Å². The maximum absolute atomic E-state index is 5.64. The molecule has 0 aliphatic heterocycles. The summed E-state index contributed by atoms with van der Waals surface area (Å²) in [6.07, 6.45) is 0.889. The van der Waals surface area contributed by atoms with E-state index in [0.717, 1.165) is 28.4 Å². The summed E-state index contributed by atoms with van der Waals surface area (Å²) >= 11 is 1.71. The molecule has 0 unspecified atom stereocenters. The van der Waals surface area contributed by atoms with Crippen molar-refractivity contribution in [1.82, 2.24) is 4.98 Å². The van der Waals surface area contributed by atoms with Crippen LogP contribution >= 0.6 is 11.3 Å². The molecule has 0 atom stereocenters. The van der Waals surface area contributed by atoms with Gasteiger partial charge >= 0.3 is 0 Å². The lowest BCUT2D eigenvalue weighted by molar-refractivity contribution is 0.341. The molecule has 1 heterocycles. The van der Waals surface area contributed by atoms with Crippen LogP contribution in [0.4, 0.5) is 0 Å². The number of aryl methyl sites for hydroxylation is 1. The van der Waals surface area contributed by atoms with Gasteiger partial charge in [-0.15, -0.1) is 11.3 Å². The minimum Gasteiger partial charge on any atom is -0.493 e. The zero-order valence-electron chi connectivity index (χ0n) is 10.8. The molecule has 2 rings (SSSR count). The van der Waals surface area contributed by atoms with Gasteiger partial charge in [-0.1, -0.05) is 12.1 Å². The quantitative estimate of drug-likeness (QED) is 0.901. The SMILES string of the molecule is CCOc1ccccc1-c1nc(C)c(CCN)s1. The average Bonchev–Trinajstić information content (AvgIpc) is 2.73. The van der Waals surface area contributed by atoms with Crippen molar-refractivity contribution in [3.63, 3.8) is 0 Å². The number of rotatable bonds is 5. The third-order valence-corrected chi connectivity index (χ3v) is 3.93. The summed E-state index contributed by atoms with van der Waals surface area (Å²) in [5.74, 6) is 0.896. The predicted molar refractivity (Wildman–Crippen MR) is 76.2 cm³/mol. The number of hydrogen-bond donors (Lipinski definition) is 1. The fourth-order valence-corrected chi connectivity index (χ4v) is 2.94. The van der Waals surface area contributed by atoms with Crippen LogP contribution in [0.5, 0.6) is 5.75 Å². The first-order valence-electron chi connectivity index (χ1n) is 6.14. The molecular weight excluding hydrogens is 244 g/mol. The number of aromatic nitrogens is 1. The Morgan fingerprint density at radius 1 is 1.33 bits per heavy atom. The van der Waals surface area contributed by atoms with Gasteiger partial charge in [0.25, 0.3) is 0 Å². The lowest BCUT2D eigenvalue weighted by atomic mass is 10.2. The van der Waals surface area contributed by atoms with Crippen LogP contribution in [0.3, 0.4) is 0 Å². The van der Waals surface area contributed by atoms with E-state index in [0.29, 0.717) is 13.2 Å². The first kappa shape index (κ1) is 13.1. The first-order chi connectivity index (χ1) is 8.76. The highest BCUT2D eigenvalue weighted by atomic mass is 32.1. The zero-order chi connectivity index (χ0) is 13.0. The molecule has 3 nitrogen and oxygen atoms in total. The number of benzene rings is 1. The Bertz CT molecular complexity index is 522. The topological polar surface area (TPSA) is 48.1 Å². The van der Waals surface area contributed by atoms with Gasteiger partial charge in [0.05, 0.1) is 17.9 Å². The highest BCUT2D eigenvalue weighted by Crippen LogP contribution is 2.34. The second-order valence-electron chi connectivity index (χ2n) is 4.00. The number of para-hydroxylation sites is 1. The van der Waals surface area contributed by atoms with Crippen LogP contribution in [0.15, 0.2) is 24.3 Å². The van der Waals surface area contributed by atoms with Crippen molar-refractivity contribution in [3.05, 3.63) is 34.8 Å². The number of nitrogens with zero attached hydrogens (tertiary/aromatic N) is 1. The van der Waals surface area contributed by atoms with Crippen molar-refractivity contribution in [2.75, 3.05) is 13.2 Å². The van der Waals surface area contributed by atoms with Gasteiger partial charge < -0.3 is 10.5 Å². The summed E-state index contributed by atoms with van der Waals surface area (Å²) in [4.78, 5) is 5.89. The van der Waals surface area contributed by atoms with Crippen LogP contribution in [-0.4, -0.2) is 18.1 Å². The van der Waals surface area contributed by atoms with Crippen LogP contribution < -0.4 is 10.5 Å². The smallest absolute Gasteiger partial charge is 0.129 e. The fourth-order valence-electron chi connectivity index (χ4n) is 1.83. The van der Waals surface area contributed by atoms with E-state index in [1.807, 2.05) is 32.0 Å². The first-order valence-corrected chi connectivity index (χ1v) is 6.96. The Morgan fingerprint density at radius 3 is 2.83 bits per heavy atom. The third-order valence-electron chi connectivity index (χ3n) is 2.68. The Balaban J connectivity index is 2.39. The third kappa shape index (κ3) is 2.71. The Kier molecular flexibility index (Phi) is 4.33. The van der Waals surface area contributed by atoms with Gasteiger partial charge in [-0.05, 0) is 38.9 Å². The molecule has 2 aromatic rings. The predicted octanol–water partition coefficient (Wildman–Crippen LogP) is 3.02. The molecule has 0 saturated carbocycles. The highest BCUT2D eigenvalue weighted by molar-refractivity contribution is 7.15. The number of hydrogen-bond acceptors (Lipinski definition) is 4. The minimum absolute atomic E-state index is 0.662. The van der Waals surface area contributed by atoms with Gasteiger partial charge in [-0.25, -0.2) is 4.98 Å². The van der Waals surface area contributed by atoms with E-state index < -0.39 is 0 Å². The normalized spacial score (nSPS) is 10.6. The number of thiazole rings is 1. The molecule has 0 spiro atoms. The van der Waals surface area contributed by atoms with E-state index in [1.165, 1.54) is 4.88 Å². The lowest BCUT2D eigenvalue weighted by Crippen LogP contribution is -2.01. The Morgan fingerprint density at radius 2 is 2.11 bits per heavy atom. The minimum atomic E-state index is 0.662. The monoisotopic (exact) mass is 262 g/mol. The Labute approximate surface area is 112 Å². The molecule has 96 valence electrons. The van der Waals surface area contributed by atoms with Crippen molar-refractivity contribution in [1.29, 1.82) is 0 Å². The summed E-state index contributed by atoms with van der Waals surface area (Å²) in [5.41, 5.74) is 7.75. The second-order valence-corrected chi connectivity index (χ2v) is 5.08. The molecule has 0 aliphatic rings. The van der Waals surface area contributed by atoms with Crippen molar-refractivity contribution in [2.24, 2.45) is 5.73 Å². The summed E-state index contributed by atoms with van der Waals surface area (Å²) in [6, 6.07) is 8.03. The molecule has 0 amide bonds. The van der Waals surface area contributed by atoms with Gasteiger partial charge in [0.2, 0.25) is 0 Å². The van der Waals surface area contributed by atoms with E-state index >= 15 is 0 Å². The van der Waals surface area contributed by atoms with Crippen molar-refractivity contribution in [3.8, 4) is 16.3 Å². The molecular formula is C14H18N2OS. The highest BCUT2D eigenvalue weighted by Gasteiger charge is 2.12. The van der Waals surface area contributed by atoms with E-state index in [9.17, 15) is 0 Å². The maximum atomic E-state index is 5.64. The average molecular weight is 262 g/mol. The maximum Gasteiger partial charge on any atom is 0.129 e. The zero-order valence-corrected chi connectivity index (χ0v) is 11.6. The number of ether oxygens (including phenoxy) is 1. The van der Waals surface area contributed by atoms with Gasteiger partial charge in [0, 0.05) is 4.88 Å². The van der Waals surface area contributed by atoms with Crippen LogP contribution in [-0.2, 0) is 6.42 Å². The summed E-state index contributed by atoms with van der Waals surface area (Å²) in [7, 11) is 0. The summed E-state index contributed by atoms with van der Waals surface area (Å²) in [5, 5.41) is 1.01. The van der Waals surface area contributed by atoms with Gasteiger partial charge in [0.15, 0.2) is 0 Å². The molecule has 0 fully saturated rings. The van der Waals surface area contributed by atoms with E-state index in [1.54, 1.807) is 11.3 Å².